The van der Waals surface area contributed by atoms with Crippen LogP contribution in [-0.2, 0) is 6.54 Å². The molecule has 1 N–H and O–H groups in total. The Kier molecular flexibility index (Phi) is 3.34. The highest BCUT2D eigenvalue weighted by atomic mass is 16.1. The molecule has 0 bridgehead atoms. The van der Waals surface area contributed by atoms with Crippen molar-refractivity contribution in [3.63, 3.8) is 0 Å². The molecule has 0 aromatic heterocycles. The van der Waals surface area contributed by atoms with Gasteiger partial charge in [-0.3, -0.25) is 4.79 Å². The van der Waals surface area contributed by atoms with Crippen LogP contribution < -0.4 is 5.32 Å². The Morgan fingerprint density at radius 1 is 1.06 bits per heavy atom. The molecule has 2 aromatic rings. The second-order valence-electron chi connectivity index (χ2n) is 3.46. The number of nitrogens with one attached hydrogen (secondary N) is 1. The van der Waals surface area contributed by atoms with Crippen molar-refractivity contribution in [3.05, 3.63) is 71.8 Å². The Hall–Kier alpha value is -2.09. The van der Waals surface area contributed by atoms with E-state index in [0.717, 1.165) is 5.56 Å². The number of carbonyl (C=O) groups is 1. The molecule has 2 heteroatoms. The molecular weight excluding hydrogens is 198 g/mol. The third-order valence-electron chi connectivity index (χ3n) is 2.28. The van der Waals surface area contributed by atoms with E-state index >= 15 is 0 Å². The lowest BCUT2D eigenvalue weighted by molar-refractivity contribution is 0.0951. The lowest BCUT2D eigenvalue weighted by Gasteiger charge is -2.04. The van der Waals surface area contributed by atoms with Gasteiger partial charge >= 0.3 is 0 Å². The van der Waals surface area contributed by atoms with Gasteiger partial charge in [-0.2, -0.15) is 0 Å². The fourth-order valence-corrected chi connectivity index (χ4v) is 1.42. The van der Waals surface area contributed by atoms with E-state index in [2.05, 4.69) is 11.4 Å². The standard InChI is InChI=1S/C14H12NO/c16-14(13-9-5-2-6-10-13)15-11-12-7-3-1-4-8-12/h1,3-10H,11H2,(H,15,16). The molecule has 1 amide bonds. The smallest absolute Gasteiger partial charge is 0.251 e. The lowest BCUT2D eigenvalue weighted by Crippen LogP contribution is -2.22. The normalized spacial score (nSPS) is 9.75. The predicted molar refractivity (Wildman–Crippen MR) is 62.9 cm³/mol. The minimum absolute atomic E-state index is 0.0575. The largest absolute Gasteiger partial charge is 0.348 e. The van der Waals surface area contributed by atoms with Crippen molar-refractivity contribution < 1.29 is 4.79 Å². The topological polar surface area (TPSA) is 29.1 Å². The van der Waals surface area contributed by atoms with Crippen LogP contribution in [0.1, 0.15) is 15.9 Å². The van der Waals surface area contributed by atoms with E-state index in [1.165, 1.54) is 0 Å². The molecule has 1 radical (unpaired) electrons. The molecule has 0 fully saturated rings. The molecule has 2 aromatic carbocycles. The molecular formula is C14H12NO. The lowest BCUT2D eigenvalue weighted by atomic mass is 10.2. The number of carbonyl (C=O) groups excluding carboxylic acids is 1. The monoisotopic (exact) mass is 210 g/mol. The predicted octanol–water partition coefficient (Wildman–Crippen LogP) is 2.42. The molecule has 0 saturated carbocycles. The van der Waals surface area contributed by atoms with Gasteiger partial charge in [-0.25, -0.2) is 0 Å². The van der Waals surface area contributed by atoms with E-state index in [4.69, 9.17) is 0 Å². The second-order valence-corrected chi connectivity index (χ2v) is 3.46. The Morgan fingerprint density at radius 3 is 2.44 bits per heavy atom. The molecule has 0 heterocycles. The maximum atomic E-state index is 11.7. The van der Waals surface area contributed by atoms with Gasteiger partial charge in [0.05, 0.1) is 0 Å². The Labute approximate surface area is 94.9 Å². The van der Waals surface area contributed by atoms with Crippen molar-refractivity contribution in [2.75, 3.05) is 0 Å². The van der Waals surface area contributed by atoms with Gasteiger partial charge in [0.1, 0.15) is 0 Å². The first-order valence-corrected chi connectivity index (χ1v) is 5.14. The van der Waals surface area contributed by atoms with Crippen molar-refractivity contribution >= 4 is 5.91 Å². The molecule has 0 atom stereocenters. The van der Waals surface area contributed by atoms with E-state index in [9.17, 15) is 4.79 Å². The summed E-state index contributed by atoms with van der Waals surface area (Å²) >= 11 is 0. The molecule has 79 valence electrons. The summed E-state index contributed by atoms with van der Waals surface area (Å²) in [5, 5.41) is 2.86. The van der Waals surface area contributed by atoms with E-state index in [0.29, 0.717) is 12.1 Å². The molecule has 0 spiro atoms. The van der Waals surface area contributed by atoms with Crippen LogP contribution in [0, 0.1) is 6.07 Å². The summed E-state index contributed by atoms with van der Waals surface area (Å²) in [7, 11) is 0. The summed E-state index contributed by atoms with van der Waals surface area (Å²) in [5.41, 5.74) is 1.76. The van der Waals surface area contributed by atoms with Gasteiger partial charge in [0.15, 0.2) is 0 Å². The molecule has 0 aliphatic heterocycles. The van der Waals surface area contributed by atoms with Crippen molar-refractivity contribution in [2.24, 2.45) is 0 Å². The average Bonchev–Trinajstić information content (AvgIpc) is 2.38. The van der Waals surface area contributed by atoms with Crippen molar-refractivity contribution in [2.45, 2.75) is 6.54 Å². The molecule has 16 heavy (non-hydrogen) atoms. The summed E-state index contributed by atoms with van der Waals surface area (Å²) in [6, 6.07) is 19.7. The van der Waals surface area contributed by atoms with Gasteiger partial charge in [-0.1, -0.05) is 42.5 Å². The zero-order valence-electron chi connectivity index (χ0n) is 8.81. The maximum absolute atomic E-state index is 11.7. The molecule has 0 aliphatic rings. The summed E-state index contributed by atoms with van der Waals surface area (Å²) in [6.07, 6.45) is 0. The van der Waals surface area contributed by atoms with Gasteiger partial charge in [-0.15, -0.1) is 0 Å². The van der Waals surface area contributed by atoms with Gasteiger partial charge in [-0.05, 0) is 23.8 Å². The maximum Gasteiger partial charge on any atom is 0.251 e. The van der Waals surface area contributed by atoms with Crippen LogP contribution in [0.15, 0.2) is 54.6 Å². The number of rotatable bonds is 3. The van der Waals surface area contributed by atoms with Crippen LogP contribution in [0.4, 0.5) is 0 Å². The Balaban J connectivity index is 1.95. The molecule has 2 rings (SSSR count). The molecule has 0 aliphatic carbocycles. The van der Waals surface area contributed by atoms with Crippen LogP contribution in [0.2, 0.25) is 0 Å². The minimum atomic E-state index is -0.0575. The summed E-state index contributed by atoms with van der Waals surface area (Å²) in [4.78, 5) is 11.7. The van der Waals surface area contributed by atoms with Crippen molar-refractivity contribution in [1.82, 2.24) is 5.32 Å². The van der Waals surface area contributed by atoms with Gasteiger partial charge < -0.3 is 5.32 Å². The Morgan fingerprint density at radius 2 is 1.75 bits per heavy atom. The quantitative estimate of drug-likeness (QED) is 0.828. The first-order valence-electron chi connectivity index (χ1n) is 5.14. The van der Waals surface area contributed by atoms with Gasteiger partial charge in [0.2, 0.25) is 0 Å². The fraction of sp³-hybridized carbons (Fsp3) is 0.0714. The number of amides is 1. The van der Waals surface area contributed by atoms with Crippen LogP contribution in [0.5, 0.6) is 0 Å². The summed E-state index contributed by atoms with van der Waals surface area (Å²) in [5.74, 6) is -0.0575. The van der Waals surface area contributed by atoms with Crippen LogP contribution in [0.25, 0.3) is 0 Å². The third kappa shape index (κ3) is 2.70. The highest BCUT2D eigenvalue weighted by Gasteiger charge is 2.02. The summed E-state index contributed by atoms with van der Waals surface area (Å²) in [6.45, 7) is 0.554. The van der Waals surface area contributed by atoms with E-state index < -0.39 is 0 Å². The second kappa shape index (κ2) is 5.12. The molecule has 0 unspecified atom stereocenters. The van der Waals surface area contributed by atoms with Crippen molar-refractivity contribution in [1.29, 1.82) is 0 Å². The van der Waals surface area contributed by atoms with E-state index in [-0.39, 0.29) is 5.91 Å². The van der Waals surface area contributed by atoms with Gasteiger partial charge in [0.25, 0.3) is 5.91 Å². The minimum Gasteiger partial charge on any atom is -0.348 e. The number of benzene rings is 2. The Bertz CT molecular complexity index is 451. The van der Waals surface area contributed by atoms with E-state index in [1.807, 2.05) is 30.3 Å². The fourth-order valence-electron chi connectivity index (χ4n) is 1.42. The van der Waals surface area contributed by atoms with Crippen LogP contribution >= 0.6 is 0 Å². The zero-order chi connectivity index (χ0) is 11.2. The van der Waals surface area contributed by atoms with Gasteiger partial charge in [0, 0.05) is 12.1 Å². The van der Waals surface area contributed by atoms with Crippen molar-refractivity contribution in [3.8, 4) is 0 Å². The van der Waals surface area contributed by atoms with E-state index in [1.54, 1.807) is 24.3 Å². The first kappa shape index (κ1) is 10.4. The van der Waals surface area contributed by atoms with Crippen LogP contribution in [0.3, 0.4) is 0 Å². The summed E-state index contributed by atoms with van der Waals surface area (Å²) < 4.78 is 0. The SMILES string of the molecule is O=C(NCc1ccccc1)c1cc[c]cc1. The highest BCUT2D eigenvalue weighted by Crippen LogP contribution is 2.00. The zero-order valence-corrected chi connectivity index (χ0v) is 8.81. The molecule has 0 saturated heterocycles. The average molecular weight is 210 g/mol. The highest BCUT2D eigenvalue weighted by molar-refractivity contribution is 5.94. The number of hydrogen-bond acceptors (Lipinski definition) is 1. The third-order valence-corrected chi connectivity index (χ3v) is 2.28. The number of hydrogen-bond donors (Lipinski definition) is 1. The van der Waals surface area contributed by atoms with Crippen LogP contribution in [-0.4, -0.2) is 5.91 Å². The molecule has 2 nitrogen and oxygen atoms in total. The first-order chi connectivity index (χ1) is 7.86.